The van der Waals surface area contributed by atoms with Crippen molar-refractivity contribution in [1.29, 1.82) is 0 Å². The van der Waals surface area contributed by atoms with E-state index in [1.54, 1.807) is 35.2 Å². The number of piperidine rings is 1. The molecule has 28 heavy (non-hydrogen) atoms. The van der Waals surface area contributed by atoms with Crippen molar-refractivity contribution in [2.24, 2.45) is 5.92 Å². The normalized spacial score (nSPS) is 16.0. The molecule has 1 unspecified atom stereocenters. The highest BCUT2D eigenvalue weighted by Crippen LogP contribution is 2.23. The molecule has 1 aliphatic rings. The smallest absolute Gasteiger partial charge is 0.276 e. The number of ketones is 1. The maximum absolute atomic E-state index is 12.6. The Morgan fingerprint density at radius 2 is 1.96 bits per heavy atom. The van der Waals surface area contributed by atoms with Gasteiger partial charge in [0.05, 0.1) is 6.10 Å². The summed E-state index contributed by atoms with van der Waals surface area (Å²) in [5, 5.41) is 13.8. The van der Waals surface area contributed by atoms with Gasteiger partial charge in [0.25, 0.3) is 5.91 Å². The van der Waals surface area contributed by atoms with E-state index in [-0.39, 0.29) is 36.0 Å². The van der Waals surface area contributed by atoms with Crippen molar-refractivity contribution < 1.29 is 24.0 Å². The average Bonchev–Trinajstić information content (AvgIpc) is 3.20. The second-order valence-corrected chi connectivity index (χ2v) is 7.15. The number of nitrogens with zero attached hydrogens (tertiary/aromatic N) is 2. The number of ether oxygens (including phenoxy) is 1. The van der Waals surface area contributed by atoms with Crippen LogP contribution >= 0.6 is 0 Å². The highest BCUT2D eigenvalue weighted by molar-refractivity contribution is 5.94. The third-order valence-electron chi connectivity index (χ3n) is 5.21. The van der Waals surface area contributed by atoms with E-state index in [2.05, 4.69) is 5.16 Å². The molecule has 0 spiro atoms. The van der Waals surface area contributed by atoms with Gasteiger partial charge in [-0.1, -0.05) is 12.1 Å². The molecule has 3 rings (SSSR count). The second kappa shape index (κ2) is 9.01. The minimum Gasteiger partial charge on any atom is -0.486 e. The molecule has 0 radical (unpaired) electrons. The Labute approximate surface area is 164 Å². The highest BCUT2D eigenvalue weighted by atomic mass is 16.5. The minimum atomic E-state index is -0.294. The summed E-state index contributed by atoms with van der Waals surface area (Å²) in [5.41, 5.74) is 0.884. The summed E-state index contributed by atoms with van der Waals surface area (Å²) in [4.78, 5) is 25.6. The molecule has 2 heterocycles. The van der Waals surface area contributed by atoms with Crippen LogP contribution < -0.4 is 4.74 Å². The van der Waals surface area contributed by atoms with E-state index in [4.69, 9.17) is 9.26 Å². The third-order valence-corrected chi connectivity index (χ3v) is 5.21. The van der Waals surface area contributed by atoms with Crippen LogP contribution in [0.25, 0.3) is 0 Å². The van der Waals surface area contributed by atoms with Crippen molar-refractivity contribution in [2.75, 3.05) is 13.1 Å². The predicted octanol–water partition coefficient (Wildman–Crippen LogP) is 3.08. The van der Waals surface area contributed by atoms with Gasteiger partial charge in [0.2, 0.25) is 0 Å². The largest absolute Gasteiger partial charge is 0.486 e. The van der Waals surface area contributed by atoms with Crippen molar-refractivity contribution in [2.45, 2.75) is 45.8 Å². The molecule has 1 aliphatic heterocycles. The first-order valence-electron chi connectivity index (χ1n) is 9.64. The predicted molar refractivity (Wildman–Crippen MR) is 102 cm³/mol. The molecule has 7 heteroatoms. The summed E-state index contributed by atoms with van der Waals surface area (Å²) in [7, 11) is 0. The Balaban J connectivity index is 1.52. The Bertz CT molecular complexity index is 806. The fourth-order valence-corrected chi connectivity index (χ4v) is 3.40. The molecule has 1 fully saturated rings. The van der Waals surface area contributed by atoms with Gasteiger partial charge in [-0.2, -0.15) is 0 Å². The lowest BCUT2D eigenvalue weighted by Crippen LogP contribution is -2.41. The van der Waals surface area contributed by atoms with Crippen LogP contribution in [0.4, 0.5) is 0 Å². The number of aliphatic hydroxyl groups excluding tert-OH is 1. The lowest BCUT2D eigenvalue weighted by atomic mass is 9.90. The molecular formula is C21H26N2O5. The number of hydrogen-bond donors (Lipinski definition) is 1. The molecule has 1 atom stereocenters. The van der Waals surface area contributed by atoms with Gasteiger partial charge < -0.3 is 19.3 Å². The lowest BCUT2D eigenvalue weighted by Gasteiger charge is -2.33. The lowest BCUT2D eigenvalue weighted by molar-refractivity contribution is 0.0447. The second-order valence-electron chi connectivity index (χ2n) is 7.15. The number of Topliss-reactive ketones (excluding diaryl/α,β-unsaturated/α-hetero) is 1. The van der Waals surface area contributed by atoms with E-state index in [0.29, 0.717) is 30.2 Å². The number of carbonyl (C=O) groups excluding carboxylic acids is 2. The Morgan fingerprint density at radius 3 is 2.57 bits per heavy atom. The van der Waals surface area contributed by atoms with Crippen LogP contribution in [0.1, 0.15) is 59.7 Å². The van der Waals surface area contributed by atoms with Gasteiger partial charge in [0.1, 0.15) is 12.4 Å². The van der Waals surface area contributed by atoms with Crippen molar-refractivity contribution in [3.05, 3.63) is 47.3 Å². The Hall–Kier alpha value is -2.67. The van der Waals surface area contributed by atoms with Gasteiger partial charge in [0, 0.05) is 24.7 Å². The zero-order chi connectivity index (χ0) is 20.1. The van der Waals surface area contributed by atoms with E-state index in [9.17, 15) is 14.7 Å². The van der Waals surface area contributed by atoms with Gasteiger partial charge in [-0.05, 0) is 56.4 Å². The van der Waals surface area contributed by atoms with Gasteiger partial charge >= 0.3 is 0 Å². The number of rotatable bonds is 7. The molecular weight excluding hydrogens is 360 g/mol. The summed E-state index contributed by atoms with van der Waals surface area (Å²) in [5.74, 6) is 1.15. The number of benzene rings is 1. The van der Waals surface area contributed by atoms with E-state index in [1.807, 2.05) is 6.92 Å². The van der Waals surface area contributed by atoms with Gasteiger partial charge in [0.15, 0.2) is 17.2 Å². The van der Waals surface area contributed by atoms with Crippen LogP contribution in [0.5, 0.6) is 5.75 Å². The molecule has 2 aromatic rings. The molecule has 1 saturated heterocycles. The quantitative estimate of drug-likeness (QED) is 0.735. The first-order valence-corrected chi connectivity index (χ1v) is 9.64. The number of likely N-dealkylation sites (tertiary alicyclic amines) is 1. The fourth-order valence-electron chi connectivity index (χ4n) is 3.40. The summed E-state index contributed by atoms with van der Waals surface area (Å²) in [6.45, 7) is 4.85. The first kappa shape index (κ1) is 20.1. The van der Waals surface area contributed by atoms with Crippen LogP contribution in [0.3, 0.4) is 0 Å². The van der Waals surface area contributed by atoms with Gasteiger partial charge in [-0.3, -0.25) is 9.59 Å². The zero-order valence-electron chi connectivity index (χ0n) is 16.3. The minimum absolute atomic E-state index is 0.00169. The number of amides is 1. The molecule has 1 aromatic carbocycles. The van der Waals surface area contributed by atoms with E-state index >= 15 is 0 Å². The van der Waals surface area contributed by atoms with Gasteiger partial charge in [-0.25, -0.2) is 0 Å². The SMILES string of the molecule is CCC(O)C1CCN(C(=O)c2cc(COc3ccc(C(C)=O)cc3)on2)CC1. The number of carbonyl (C=O) groups is 2. The van der Waals surface area contributed by atoms with Crippen molar-refractivity contribution in [3.8, 4) is 5.75 Å². The molecule has 1 amide bonds. The average molecular weight is 386 g/mol. The molecule has 7 nitrogen and oxygen atoms in total. The standard InChI is InChI=1S/C21H26N2O5/c1-3-20(25)16-8-10-23(11-9-16)21(26)19-12-18(28-22-19)13-27-17-6-4-15(5-7-17)14(2)24/h4-7,12,16,20,25H,3,8-11,13H2,1-2H3. The van der Waals surface area contributed by atoms with Crippen molar-refractivity contribution in [3.63, 3.8) is 0 Å². The molecule has 1 N–H and O–H groups in total. The van der Waals surface area contributed by atoms with Crippen LogP contribution in [-0.2, 0) is 6.61 Å². The summed E-state index contributed by atoms with van der Waals surface area (Å²) >= 11 is 0. The van der Waals surface area contributed by atoms with Gasteiger partial charge in [-0.15, -0.1) is 0 Å². The fraction of sp³-hybridized carbons (Fsp3) is 0.476. The van der Waals surface area contributed by atoms with Crippen LogP contribution in [-0.4, -0.2) is 46.0 Å². The number of aromatic nitrogens is 1. The summed E-state index contributed by atoms with van der Waals surface area (Å²) in [6.07, 6.45) is 2.04. The molecule has 0 bridgehead atoms. The highest BCUT2D eigenvalue weighted by Gasteiger charge is 2.28. The summed E-state index contributed by atoms with van der Waals surface area (Å²) < 4.78 is 10.8. The monoisotopic (exact) mass is 386 g/mol. The molecule has 150 valence electrons. The molecule has 1 aromatic heterocycles. The van der Waals surface area contributed by atoms with Crippen LogP contribution in [0.15, 0.2) is 34.9 Å². The van der Waals surface area contributed by atoms with Crippen LogP contribution in [0.2, 0.25) is 0 Å². The Kier molecular flexibility index (Phi) is 6.46. The third kappa shape index (κ3) is 4.78. The molecule has 0 aliphatic carbocycles. The topological polar surface area (TPSA) is 92.9 Å². The summed E-state index contributed by atoms with van der Waals surface area (Å²) in [6, 6.07) is 8.43. The molecule has 0 saturated carbocycles. The van der Waals surface area contributed by atoms with Crippen molar-refractivity contribution in [1.82, 2.24) is 10.1 Å². The van der Waals surface area contributed by atoms with E-state index < -0.39 is 0 Å². The van der Waals surface area contributed by atoms with E-state index in [0.717, 1.165) is 19.3 Å². The maximum Gasteiger partial charge on any atom is 0.276 e. The number of hydrogen-bond acceptors (Lipinski definition) is 6. The Morgan fingerprint density at radius 1 is 1.29 bits per heavy atom. The first-order chi connectivity index (χ1) is 13.5. The zero-order valence-corrected chi connectivity index (χ0v) is 16.3. The number of aliphatic hydroxyl groups is 1. The maximum atomic E-state index is 12.6. The van der Waals surface area contributed by atoms with Crippen molar-refractivity contribution >= 4 is 11.7 Å². The van der Waals surface area contributed by atoms with Crippen LogP contribution in [0, 0.1) is 5.92 Å². The van der Waals surface area contributed by atoms with E-state index in [1.165, 1.54) is 6.92 Å².